The van der Waals surface area contributed by atoms with Gasteiger partial charge in [-0.05, 0) is 103 Å². The zero-order valence-corrected chi connectivity index (χ0v) is 30.2. The number of unbranched alkanes of at least 4 members (excludes halogenated alkanes) is 4. The van der Waals surface area contributed by atoms with Crippen LogP contribution in [0.5, 0.6) is 0 Å². The maximum Gasteiger partial charge on any atom is 0.264 e. The van der Waals surface area contributed by atoms with Gasteiger partial charge in [-0.2, -0.15) is 0 Å². The normalized spacial score (nSPS) is 11.8. The molecule has 0 aliphatic rings. The number of imidazole rings is 1. The van der Waals surface area contributed by atoms with Gasteiger partial charge < -0.3 is 10.4 Å². The van der Waals surface area contributed by atoms with Gasteiger partial charge >= 0.3 is 0 Å². The Morgan fingerprint density at radius 2 is 1.57 bits per heavy atom. The summed E-state index contributed by atoms with van der Waals surface area (Å²) in [6.07, 6.45) is 6.10. The summed E-state index contributed by atoms with van der Waals surface area (Å²) in [6.45, 7) is 2.30. The summed E-state index contributed by atoms with van der Waals surface area (Å²) in [5, 5.41) is 18.0. The molecule has 5 aromatic carbocycles. The van der Waals surface area contributed by atoms with Crippen LogP contribution in [0.15, 0.2) is 102 Å². The molecule has 3 aromatic heterocycles. The van der Waals surface area contributed by atoms with Gasteiger partial charge in [0.15, 0.2) is 0 Å². The summed E-state index contributed by atoms with van der Waals surface area (Å²) in [5.41, 5.74) is 6.96. The van der Waals surface area contributed by atoms with Gasteiger partial charge in [-0.15, -0.1) is 0 Å². The van der Waals surface area contributed by atoms with Crippen molar-refractivity contribution in [2.45, 2.75) is 58.5 Å². The molecule has 0 atom stereocenters. The van der Waals surface area contributed by atoms with Gasteiger partial charge in [0, 0.05) is 44.4 Å². The average Bonchev–Trinajstić information content (AvgIpc) is 3.70. The van der Waals surface area contributed by atoms with E-state index in [2.05, 4.69) is 23.5 Å². The molecule has 8 nitrogen and oxygen atoms in total. The second kappa shape index (κ2) is 14.5. The van der Waals surface area contributed by atoms with E-state index in [0.29, 0.717) is 34.0 Å². The van der Waals surface area contributed by atoms with Gasteiger partial charge in [-0.1, -0.05) is 73.3 Å². The minimum atomic E-state index is -0.200. The zero-order valence-electron chi connectivity index (χ0n) is 29.5. The molecule has 0 saturated heterocycles. The number of benzene rings is 5. The third-order valence-electron chi connectivity index (χ3n) is 10.5. The highest BCUT2D eigenvalue weighted by molar-refractivity contribution is 6.30. The number of carbonyl (C=O) groups is 2. The maximum absolute atomic E-state index is 13.6. The molecule has 2 N–H and O–H groups in total. The van der Waals surface area contributed by atoms with Gasteiger partial charge in [-0.3, -0.25) is 23.4 Å². The van der Waals surface area contributed by atoms with Crippen LogP contribution in [0, 0.1) is 6.92 Å². The van der Waals surface area contributed by atoms with Crippen LogP contribution in [-0.4, -0.2) is 37.4 Å². The fraction of sp³-hybridized carbons (Fsp3) is 0.227. The molecule has 0 unspecified atom stereocenters. The molecule has 0 aliphatic heterocycles. The average molecular weight is 723 g/mol. The number of nitrogens with zero attached hydrogens (tertiary/aromatic N) is 3. The lowest BCUT2D eigenvalue weighted by atomic mass is 9.95. The van der Waals surface area contributed by atoms with E-state index in [0.717, 1.165) is 87.6 Å². The summed E-state index contributed by atoms with van der Waals surface area (Å²) < 4.78 is 3.39. The van der Waals surface area contributed by atoms with Crippen LogP contribution in [0.3, 0.4) is 0 Å². The first-order chi connectivity index (χ1) is 25.8. The van der Waals surface area contributed by atoms with Crippen LogP contribution >= 0.6 is 11.6 Å². The van der Waals surface area contributed by atoms with Crippen molar-refractivity contribution in [1.29, 1.82) is 0 Å². The van der Waals surface area contributed by atoms with Crippen molar-refractivity contribution >= 4 is 72.5 Å². The number of aromatic nitrogens is 3. The van der Waals surface area contributed by atoms with Crippen LogP contribution in [0.25, 0.3) is 49.1 Å². The van der Waals surface area contributed by atoms with E-state index >= 15 is 0 Å². The van der Waals surface area contributed by atoms with Crippen LogP contribution in [0.2, 0.25) is 5.02 Å². The molecule has 0 radical (unpaired) electrons. The summed E-state index contributed by atoms with van der Waals surface area (Å²) >= 11 is 6.05. The molecular weight excluding hydrogens is 684 g/mol. The van der Waals surface area contributed by atoms with Crippen molar-refractivity contribution in [2.75, 3.05) is 6.54 Å². The second-order valence-electron chi connectivity index (χ2n) is 13.8. The molecule has 3 heterocycles. The summed E-state index contributed by atoms with van der Waals surface area (Å²) in [6, 6.07) is 30.4. The first kappa shape index (κ1) is 34.5. The largest absolute Gasteiger partial charge is 0.392 e. The van der Waals surface area contributed by atoms with E-state index in [4.69, 9.17) is 16.6 Å². The molecule has 53 heavy (non-hydrogen) atoms. The number of amides is 1. The summed E-state index contributed by atoms with van der Waals surface area (Å²) in [7, 11) is 0. The number of aryl methyl sites for hydroxylation is 1. The third kappa shape index (κ3) is 6.32. The van der Waals surface area contributed by atoms with Crippen LogP contribution in [0.1, 0.15) is 64.8 Å². The topological polar surface area (TPSA) is 106 Å². The molecular formula is C44H39ClN4O4. The minimum Gasteiger partial charge on any atom is -0.392 e. The highest BCUT2D eigenvalue weighted by Gasteiger charge is 2.22. The highest BCUT2D eigenvalue weighted by atomic mass is 35.5. The number of para-hydroxylation sites is 2. The second-order valence-corrected chi connectivity index (χ2v) is 14.3. The molecule has 9 heteroatoms. The van der Waals surface area contributed by atoms with Crippen LogP contribution in [0.4, 0.5) is 0 Å². The molecule has 0 saturated carbocycles. The zero-order chi connectivity index (χ0) is 36.6. The number of rotatable bonds is 12. The lowest BCUT2D eigenvalue weighted by molar-refractivity contribution is -0.120. The predicted octanol–water partition coefficient (Wildman–Crippen LogP) is 8.54. The number of fused-ring (bicyclic) bond motifs is 5. The monoisotopic (exact) mass is 722 g/mol. The Morgan fingerprint density at radius 3 is 2.40 bits per heavy atom. The van der Waals surface area contributed by atoms with Gasteiger partial charge in [-0.25, -0.2) is 4.98 Å². The van der Waals surface area contributed by atoms with Crippen molar-refractivity contribution < 1.29 is 14.7 Å². The first-order valence-corrected chi connectivity index (χ1v) is 18.6. The number of aliphatic hydroxyl groups is 1. The Morgan fingerprint density at radius 1 is 0.792 bits per heavy atom. The predicted molar refractivity (Wildman–Crippen MR) is 212 cm³/mol. The number of aliphatic hydroxyl groups excluding tert-OH is 1. The molecule has 0 bridgehead atoms. The molecule has 266 valence electrons. The lowest BCUT2D eigenvalue weighted by Crippen LogP contribution is -2.26. The van der Waals surface area contributed by atoms with Crippen molar-refractivity contribution in [3.8, 4) is 0 Å². The number of pyridine rings is 1. The van der Waals surface area contributed by atoms with Crippen molar-refractivity contribution in [3.05, 3.63) is 140 Å². The molecule has 1 amide bonds. The number of hydrogen-bond acceptors (Lipinski definition) is 5. The van der Waals surface area contributed by atoms with Crippen molar-refractivity contribution in [3.63, 3.8) is 0 Å². The minimum absolute atomic E-state index is 0.0296. The van der Waals surface area contributed by atoms with Crippen molar-refractivity contribution in [2.24, 2.45) is 0 Å². The fourth-order valence-corrected chi connectivity index (χ4v) is 7.97. The smallest absolute Gasteiger partial charge is 0.264 e. The molecule has 8 rings (SSSR count). The van der Waals surface area contributed by atoms with E-state index in [1.54, 1.807) is 39.3 Å². The number of carbonyl (C=O) groups excluding carboxylic acids is 2. The molecule has 8 aromatic rings. The van der Waals surface area contributed by atoms with Gasteiger partial charge in [0.05, 0.1) is 29.6 Å². The SMILES string of the molecule is Cc1c(CC(=O)NCCCCCCCc2ccc3c4c2cccc4c(=O)n2c4ccccc4nc32)c2cc(CO)ccc2n1C(=O)c1ccc(Cl)cc1. The fourth-order valence-electron chi connectivity index (χ4n) is 7.84. The number of halogens is 1. The Hall–Kier alpha value is -5.57. The van der Waals surface area contributed by atoms with Gasteiger partial charge in [0.2, 0.25) is 5.91 Å². The highest BCUT2D eigenvalue weighted by Crippen LogP contribution is 2.33. The van der Waals surface area contributed by atoms with Crippen LogP contribution < -0.4 is 10.9 Å². The maximum atomic E-state index is 13.6. The van der Waals surface area contributed by atoms with E-state index in [1.165, 1.54) is 5.56 Å². The first-order valence-electron chi connectivity index (χ1n) is 18.2. The van der Waals surface area contributed by atoms with Gasteiger partial charge in [0.1, 0.15) is 5.65 Å². The number of nitrogens with one attached hydrogen (secondary N) is 1. The van der Waals surface area contributed by atoms with E-state index in [9.17, 15) is 19.5 Å². The Balaban J connectivity index is 0.869. The Labute approximate surface area is 311 Å². The summed E-state index contributed by atoms with van der Waals surface area (Å²) in [4.78, 5) is 45.2. The lowest BCUT2D eigenvalue weighted by Gasteiger charge is -2.12. The van der Waals surface area contributed by atoms with Gasteiger partial charge in [0.25, 0.3) is 11.5 Å². The number of hydrogen-bond donors (Lipinski definition) is 2. The quantitative estimate of drug-likeness (QED) is 0.123. The van der Waals surface area contributed by atoms with E-state index in [-0.39, 0.29) is 30.4 Å². The molecule has 0 spiro atoms. The van der Waals surface area contributed by atoms with Crippen LogP contribution in [-0.2, 0) is 24.2 Å². The standard InChI is InChI=1S/C44H39ClN4O4/c1-27-35(36-24-28(26-50)15-22-38(36)48(27)43(52)30-16-19-31(45)20-17-30)25-40(51)46-23-8-4-2-3-5-10-29-18-21-33-41-32(29)11-9-12-34(41)44(53)49-39-14-7-6-13-37(39)47-42(33)49/h6-7,9,11-22,24,50H,2-5,8,10,23,25-26H2,1H3,(H,46,51). The Bertz CT molecular complexity index is 2730. The van der Waals surface area contributed by atoms with E-state index < -0.39 is 0 Å². The molecule has 0 aliphatic carbocycles. The Kier molecular flexibility index (Phi) is 9.41. The van der Waals surface area contributed by atoms with E-state index in [1.807, 2.05) is 55.5 Å². The summed E-state index contributed by atoms with van der Waals surface area (Å²) in [5.74, 6) is -0.300. The van der Waals surface area contributed by atoms with Crippen molar-refractivity contribution in [1.82, 2.24) is 19.3 Å². The molecule has 0 fully saturated rings. The third-order valence-corrected chi connectivity index (χ3v) is 10.8.